The number of nitrogens with one attached hydrogen (secondary N) is 1. The van der Waals surface area contributed by atoms with Crippen LogP contribution in [-0.4, -0.2) is 28.2 Å². The number of anilines is 1. The molecule has 0 atom stereocenters. The second kappa shape index (κ2) is 6.75. The van der Waals surface area contributed by atoms with Gasteiger partial charge in [0.15, 0.2) is 4.47 Å². The summed E-state index contributed by atoms with van der Waals surface area (Å²) in [5.41, 5.74) is 3.53. The van der Waals surface area contributed by atoms with Crippen molar-refractivity contribution in [3.05, 3.63) is 57.0 Å². The minimum Gasteiger partial charge on any atom is -0.335 e. The Morgan fingerprint density at radius 1 is 1.42 bits per heavy atom. The predicted molar refractivity (Wildman–Crippen MR) is 95.6 cm³/mol. The third-order valence-electron chi connectivity index (χ3n) is 3.94. The molecule has 0 bridgehead atoms. The second-order valence-electron chi connectivity index (χ2n) is 5.53. The highest BCUT2D eigenvalue weighted by molar-refractivity contribution is 7.17. The molecule has 2 aromatic rings. The smallest absolute Gasteiger partial charge is 0.267 e. The molecule has 5 nitrogen and oxygen atoms in total. The van der Waals surface area contributed by atoms with E-state index >= 15 is 0 Å². The molecular formula is C17H16ClN3O2S. The highest BCUT2D eigenvalue weighted by Crippen LogP contribution is 2.26. The van der Waals surface area contributed by atoms with E-state index in [1.54, 1.807) is 11.8 Å². The molecular weight excluding hydrogens is 346 g/mol. The van der Waals surface area contributed by atoms with Crippen molar-refractivity contribution in [1.82, 2.24) is 9.88 Å². The van der Waals surface area contributed by atoms with E-state index < -0.39 is 0 Å². The normalized spacial score (nSPS) is 13.3. The van der Waals surface area contributed by atoms with Crippen LogP contribution in [0.1, 0.15) is 26.5 Å². The van der Waals surface area contributed by atoms with Gasteiger partial charge in [0.2, 0.25) is 5.91 Å². The Kier molecular flexibility index (Phi) is 4.69. The van der Waals surface area contributed by atoms with Gasteiger partial charge in [-0.2, -0.15) is 0 Å². The average molecular weight is 362 g/mol. The first kappa shape index (κ1) is 16.7. The van der Waals surface area contributed by atoms with Gasteiger partial charge >= 0.3 is 0 Å². The van der Waals surface area contributed by atoms with Crippen molar-refractivity contribution in [2.75, 3.05) is 11.9 Å². The van der Waals surface area contributed by atoms with Crippen LogP contribution in [-0.2, 0) is 17.8 Å². The molecule has 2 heterocycles. The highest BCUT2D eigenvalue weighted by Gasteiger charge is 2.20. The summed E-state index contributed by atoms with van der Waals surface area (Å²) in [5, 5.41) is 2.87. The molecule has 0 spiro atoms. The lowest BCUT2D eigenvalue weighted by molar-refractivity contribution is -0.126. The number of carbonyl (C=O) groups is 2. The summed E-state index contributed by atoms with van der Waals surface area (Å²) in [6.45, 7) is 6.49. The number of aromatic nitrogens is 1. The summed E-state index contributed by atoms with van der Waals surface area (Å²) in [7, 11) is 0. The Morgan fingerprint density at radius 2 is 2.21 bits per heavy atom. The fraction of sp³-hybridized carbons (Fsp3) is 0.235. The zero-order chi connectivity index (χ0) is 17.3. The lowest BCUT2D eigenvalue weighted by Gasteiger charge is -2.28. The maximum atomic E-state index is 12.4. The van der Waals surface area contributed by atoms with E-state index in [-0.39, 0.29) is 11.8 Å². The first-order valence-electron chi connectivity index (χ1n) is 7.45. The number of hydrogen-bond donors (Lipinski definition) is 1. The number of benzene rings is 1. The Labute approximate surface area is 149 Å². The lowest BCUT2D eigenvalue weighted by atomic mass is 9.99. The highest BCUT2D eigenvalue weighted by atomic mass is 35.5. The minimum atomic E-state index is -0.230. The van der Waals surface area contributed by atoms with E-state index in [1.165, 1.54) is 11.6 Å². The second-order valence-corrected chi connectivity index (χ2v) is 7.11. The van der Waals surface area contributed by atoms with Gasteiger partial charge < -0.3 is 10.2 Å². The number of amides is 2. The summed E-state index contributed by atoms with van der Waals surface area (Å²) >= 11 is 7.00. The predicted octanol–water partition coefficient (Wildman–Crippen LogP) is 3.43. The van der Waals surface area contributed by atoms with E-state index in [1.807, 2.05) is 18.2 Å². The Morgan fingerprint density at radius 3 is 2.88 bits per heavy atom. The molecule has 1 aromatic carbocycles. The van der Waals surface area contributed by atoms with Gasteiger partial charge in [0, 0.05) is 18.8 Å². The minimum absolute atomic E-state index is 0.0787. The van der Waals surface area contributed by atoms with E-state index in [2.05, 4.69) is 16.9 Å². The Balaban J connectivity index is 1.79. The Bertz CT molecular complexity index is 831. The van der Waals surface area contributed by atoms with Crippen LogP contribution in [0.5, 0.6) is 0 Å². The van der Waals surface area contributed by atoms with Crippen LogP contribution in [0.3, 0.4) is 0 Å². The van der Waals surface area contributed by atoms with Crippen LogP contribution in [0.2, 0.25) is 4.47 Å². The van der Waals surface area contributed by atoms with Gasteiger partial charge in [-0.3, -0.25) is 9.59 Å². The van der Waals surface area contributed by atoms with E-state index in [9.17, 15) is 9.59 Å². The number of halogens is 1. The molecule has 0 fully saturated rings. The number of aryl methyl sites for hydroxylation is 1. The third-order valence-corrected chi connectivity index (χ3v) is 5.20. The topological polar surface area (TPSA) is 62.3 Å². The molecule has 0 radical (unpaired) electrons. The van der Waals surface area contributed by atoms with Crippen molar-refractivity contribution in [2.24, 2.45) is 0 Å². The van der Waals surface area contributed by atoms with Gasteiger partial charge in [0.05, 0.1) is 5.69 Å². The molecule has 24 heavy (non-hydrogen) atoms. The standard InChI is InChI=1S/C17H16ClN3O2S/c1-3-14(22)21-7-6-11-4-5-13(8-12(11)9-21)20-16(23)15-10(2)19-17(18)24-15/h3-5,8H,1,6-7,9H2,2H3,(H,20,23). The number of hydrogen-bond acceptors (Lipinski definition) is 4. The summed E-state index contributed by atoms with van der Waals surface area (Å²) in [6.07, 6.45) is 2.12. The molecule has 0 unspecified atom stereocenters. The zero-order valence-electron chi connectivity index (χ0n) is 13.1. The number of rotatable bonds is 3. The maximum absolute atomic E-state index is 12.4. The number of carbonyl (C=O) groups excluding carboxylic acids is 2. The third kappa shape index (κ3) is 3.34. The molecule has 124 valence electrons. The van der Waals surface area contributed by atoms with Crippen molar-refractivity contribution in [2.45, 2.75) is 19.9 Å². The zero-order valence-corrected chi connectivity index (χ0v) is 14.7. The van der Waals surface area contributed by atoms with Crippen LogP contribution in [0.15, 0.2) is 30.9 Å². The van der Waals surface area contributed by atoms with Gasteiger partial charge in [0.25, 0.3) is 5.91 Å². The molecule has 1 aliphatic rings. The monoisotopic (exact) mass is 361 g/mol. The number of thiazole rings is 1. The van der Waals surface area contributed by atoms with Crippen molar-refractivity contribution < 1.29 is 9.59 Å². The van der Waals surface area contributed by atoms with Crippen molar-refractivity contribution in [1.29, 1.82) is 0 Å². The number of nitrogens with zero attached hydrogens (tertiary/aromatic N) is 2. The molecule has 3 rings (SSSR count). The van der Waals surface area contributed by atoms with Crippen LogP contribution in [0, 0.1) is 6.92 Å². The summed E-state index contributed by atoms with van der Waals surface area (Å²) in [5.74, 6) is -0.309. The molecule has 0 saturated heterocycles. The molecule has 1 aliphatic heterocycles. The quantitative estimate of drug-likeness (QED) is 0.852. The molecule has 0 saturated carbocycles. The van der Waals surface area contributed by atoms with Crippen molar-refractivity contribution >= 4 is 40.4 Å². The molecule has 7 heteroatoms. The lowest BCUT2D eigenvalue weighted by Crippen LogP contribution is -2.34. The molecule has 1 aromatic heterocycles. The maximum Gasteiger partial charge on any atom is 0.267 e. The van der Waals surface area contributed by atoms with Gasteiger partial charge in [-0.25, -0.2) is 4.98 Å². The van der Waals surface area contributed by atoms with E-state index in [0.717, 1.165) is 23.3 Å². The van der Waals surface area contributed by atoms with Gasteiger partial charge in [0.1, 0.15) is 4.88 Å². The fourth-order valence-corrected chi connectivity index (χ4v) is 3.76. The largest absolute Gasteiger partial charge is 0.335 e. The first-order valence-corrected chi connectivity index (χ1v) is 8.65. The first-order chi connectivity index (χ1) is 11.5. The number of fused-ring (bicyclic) bond motifs is 1. The average Bonchev–Trinajstić information content (AvgIpc) is 2.92. The Hall–Kier alpha value is -2.18. The molecule has 1 N–H and O–H groups in total. The van der Waals surface area contributed by atoms with Crippen LogP contribution < -0.4 is 5.32 Å². The van der Waals surface area contributed by atoms with E-state index in [4.69, 9.17) is 11.6 Å². The molecule has 0 aliphatic carbocycles. The van der Waals surface area contributed by atoms with Crippen molar-refractivity contribution in [3.63, 3.8) is 0 Å². The summed E-state index contributed by atoms with van der Waals surface area (Å²) in [4.78, 5) is 30.4. The van der Waals surface area contributed by atoms with Crippen molar-refractivity contribution in [3.8, 4) is 0 Å². The van der Waals surface area contributed by atoms with Gasteiger partial charge in [-0.15, -0.1) is 0 Å². The SMILES string of the molecule is C=CC(=O)N1CCc2ccc(NC(=O)c3sc(Cl)nc3C)cc2C1. The van der Waals surface area contributed by atoms with Crippen LogP contribution in [0.4, 0.5) is 5.69 Å². The van der Waals surface area contributed by atoms with Crippen LogP contribution in [0.25, 0.3) is 0 Å². The fourth-order valence-electron chi connectivity index (χ4n) is 2.71. The van der Waals surface area contributed by atoms with E-state index in [0.29, 0.717) is 33.8 Å². The summed E-state index contributed by atoms with van der Waals surface area (Å²) < 4.78 is 0.349. The van der Waals surface area contributed by atoms with Crippen LogP contribution >= 0.6 is 22.9 Å². The van der Waals surface area contributed by atoms with Gasteiger partial charge in [-0.1, -0.05) is 35.6 Å². The van der Waals surface area contributed by atoms with Gasteiger partial charge in [-0.05, 0) is 42.7 Å². The summed E-state index contributed by atoms with van der Waals surface area (Å²) in [6, 6.07) is 5.78. The molecule has 2 amide bonds.